The minimum atomic E-state index is -4.06. The van der Waals surface area contributed by atoms with Gasteiger partial charge in [-0.05, 0) is 52.6 Å². The van der Waals surface area contributed by atoms with E-state index in [1.54, 1.807) is 0 Å². The van der Waals surface area contributed by atoms with Crippen LogP contribution in [-0.2, 0) is 4.79 Å². The fraction of sp³-hybridized carbons (Fsp3) is 0.933. The molecule has 1 unspecified atom stereocenters. The second kappa shape index (κ2) is 8.61. The summed E-state index contributed by atoms with van der Waals surface area (Å²) >= 11 is 0. The Balaban J connectivity index is 2.11. The third kappa shape index (κ3) is 7.69. The van der Waals surface area contributed by atoms with E-state index < -0.39 is 12.6 Å². The lowest BCUT2D eigenvalue weighted by Crippen LogP contribution is -2.31. The molecule has 1 atom stereocenters. The van der Waals surface area contributed by atoms with Crippen LogP contribution in [0.4, 0.5) is 13.2 Å². The number of halogens is 3. The standard InChI is InChI=1S/C15H27F3N2O/c1-13(19(2)10-6-9-15(16,17)18)7-5-8-14(21)20-11-3-4-12-20/h13H,3-12H2,1-2H3. The third-order valence-electron chi connectivity index (χ3n) is 4.19. The van der Waals surface area contributed by atoms with E-state index in [1.165, 1.54) is 0 Å². The molecule has 0 spiro atoms. The molecule has 0 radical (unpaired) electrons. The molecule has 6 heteroatoms. The van der Waals surface area contributed by atoms with E-state index in [0.29, 0.717) is 13.0 Å². The zero-order chi connectivity index (χ0) is 15.9. The van der Waals surface area contributed by atoms with Gasteiger partial charge in [-0.15, -0.1) is 0 Å². The van der Waals surface area contributed by atoms with Crippen molar-refractivity contribution in [3.63, 3.8) is 0 Å². The highest BCUT2D eigenvalue weighted by molar-refractivity contribution is 5.76. The summed E-state index contributed by atoms with van der Waals surface area (Å²) in [5, 5.41) is 0. The number of rotatable bonds is 8. The highest BCUT2D eigenvalue weighted by atomic mass is 19.4. The quantitative estimate of drug-likeness (QED) is 0.686. The molecule has 0 aliphatic carbocycles. The van der Waals surface area contributed by atoms with E-state index in [1.807, 2.05) is 23.8 Å². The molecule has 1 saturated heterocycles. The summed E-state index contributed by atoms with van der Waals surface area (Å²) in [5.41, 5.74) is 0. The zero-order valence-corrected chi connectivity index (χ0v) is 13.1. The molecular formula is C15H27F3N2O. The van der Waals surface area contributed by atoms with Crippen LogP contribution >= 0.6 is 0 Å². The maximum absolute atomic E-state index is 12.1. The first-order chi connectivity index (χ1) is 9.79. The van der Waals surface area contributed by atoms with Crippen molar-refractivity contribution in [3.8, 4) is 0 Å². The normalized spacial score (nSPS) is 17.5. The minimum Gasteiger partial charge on any atom is -0.343 e. The summed E-state index contributed by atoms with van der Waals surface area (Å²) in [4.78, 5) is 15.7. The molecular weight excluding hydrogens is 281 g/mol. The van der Waals surface area contributed by atoms with E-state index in [0.717, 1.165) is 38.8 Å². The van der Waals surface area contributed by atoms with Crippen LogP contribution in [0.3, 0.4) is 0 Å². The van der Waals surface area contributed by atoms with Gasteiger partial charge in [0, 0.05) is 32.0 Å². The van der Waals surface area contributed by atoms with Crippen molar-refractivity contribution in [2.75, 3.05) is 26.7 Å². The molecule has 1 fully saturated rings. The average Bonchev–Trinajstić information content (AvgIpc) is 2.90. The molecule has 0 N–H and O–H groups in total. The average molecular weight is 308 g/mol. The summed E-state index contributed by atoms with van der Waals surface area (Å²) in [7, 11) is 1.85. The Morgan fingerprint density at radius 3 is 2.43 bits per heavy atom. The number of hydrogen-bond acceptors (Lipinski definition) is 2. The van der Waals surface area contributed by atoms with Crippen LogP contribution in [0, 0.1) is 0 Å². The maximum Gasteiger partial charge on any atom is 0.389 e. The molecule has 0 bridgehead atoms. The van der Waals surface area contributed by atoms with E-state index in [9.17, 15) is 18.0 Å². The first-order valence-corrected chi connectivity index (χ1v) is 7.84. The van der Waals surface area contributed by atoms with Gasteiger partial charge in [0.05, 0.1) is 0 Å². The Morgan fingerprint density at radius 1 is 1.24 bits per heavy atom. The third-order valence-corrected chi connectivity index (χ3v) is 4.19. The molecule has 1 aliphatic rings. The Morgan fingerprint density at radius 2 is 1.86 bits per heavy atom. The Kier molecular flexibility index (Phi) is 7.49. The Labute approximate surface area is 125 Å². The van der Waals surface area contributed by atoms with Crippen LogP contribution in [0.5, 0.6) is 0 Å². The molecule has 1 aliphatic heterocycles. The molecule has 3 nitrogen and oxygen atoms in total. The lowest BCUT2D eigenvalue weighted by Gasteiger charge is -2.25. The van der Waals surface area contributed by atoms with Gasteiger partial charge >= 0.3 is 6.18 Å². The van der Waals surface area contributed by atoms with Crippen LogP contribution in [0.1, 0.15) is 51.9 Å². The summed E-state index contributed by atoms with van der Waals surface area (Å²) in [6.07, 6.45) is -0.238. The lowest BCUT2D eigenvalue weighted by molar-refractivity contribution is -0.136. The van der Waals surface area contributed by atoms with Crippen molar-refractivity contribution in [1.29, 1.82) is 0 Å². The molecule has 21 heavy (non-hydrogen) atoms. The van der Waals surface area contributed by atoms with E-state index in [2.05, 4.69) is 0 Å². The van der Waals surface area contributed by atoms with Crippen molar-refractivity contribution in [2.45, 2.75) is 64.1 Å². The topological polar surface area (TPSA) is 23.6 Å². The predicted molar refractivity (Wildman–Crippen MR) is 77.0 cm³/mol. The summed E-state index contributed by atoms with van der Waals surface area (Å²) < 4.78 is 36.3. The van der Waals surface area contributed by atoms with Crippen LogP contribution in [0.15, 0.2) is 0 Å². The lowest BCUT2D eigenvalue weighted by atomic mass is 10.1. The largest absolute Gasteiger partial charge is 0.389 e. The van der Waals surface area contributed by atoms with Crippen molar-refractivity contribution in [2.24, 2.45) is 0 Å². The van der Waals surface area contributed by atoms with Crippen LogP contribution in [-0.4, -0.2) is 54.6 Å². The monoisotopic (exact) mass is 308 g/mol. The van der Waals surface area contributed by atoms with Crippen molar-refractivity contribution >= 4 is 5.91 Å². The van der Waals surface area contributed by atoms with Crippen molar-refractivity contribution < 1.29 is 18.0 Å². The number of nitrogens with zero attached hydrogens (tertiary/aromatic N) is 2. The van der Waals surface area contributed by atoms with Gasteiger partial charge in [-0.1, -0.05) is 0 Å². The Bertz CT molecular complexity index is 315. The number of carbonyl (C=O) groups excluding carboxylic acids is 1. The molecule has 1 rings (SSSR count). The molecule has 0 saturated carbocycles. The van der Waals surface area contributed by atoms with Crippen molar-refractivity contribution in [3.05, 3.63) is 0 Å². The molecule has 0 aromatic carbocycles. The van der Waals surface area contributed by atoms with Gasteiger partial charge in [0.1, 0.15) is 0 Å². The fourth-order valence-corrected chi connectivity index (χ4v) is 2.64. The second-order valence-electron chi connectivity index (χ2n) is 6.03. The van der Waals surface area contributed by atoms with Gasteiger partial charge in [0.15, 0.2) is 0 Å². The summed E-state index contributed by atoms with van der Waals surface area (Å²) in [6, 6.07) is 0.213. The number of carbonyl (C=O) groups is 1. The molecule has 0 aromatic rings. The van der Waals surface area contributed by atoms with E-state index in [-0.39, 0.29) is 18.4 Å². The second-order valence-corrected chi connectivity index (χ2v) is 6.03. The van der Waals surface area contributed by atoms with Gasteiger partial charge in [-0.3, -0.25) is 4.79 Å². The van der Waals surface area contributed by atoms with E-state index >= 15 is 0 Å². The summed E-state index contributed by atoms with van der Waals surface area (Å²) in [6.45, 7) is 4.21. The number of hydrogen-bond donors (Lipinski definition) is 0. The van der Waals surface area contributed by atoms with Gasteiger partial charge < -0.3 is 9.80 Å². The van der Waals surface area contributed by atoms with Crippen LogP contribution in [0.2, 0.25) is 0 Å². The fourth-order valence-electron chi connectivity index (χ4n) is 2.64. The number of likely N-dealkylation sites (tertiary alicyclic amines) is 1. The van der Waals surface area contributed by atoms with Gasteiger partial charge in [0.2, 0.25) is 5.91 Å². The first-order valence-electron chi connectivity index (χ1n) is 7.84. The summed E-state index contributed by atoms with van der Waals surface area (Å²) in [5.74, 6) is 0.222. The zero-order valence-electron chi connectivity index (χ0n) is 13.1. The predicted octanol–water partition coefficient (Wildman–Crippen LogP) is 3.44. The van der Waals surface area contributed by atoms with Crippen molar-refractivity contribution in [1.82, 2.24) is 9.80 Å². The molecule has 0 aromatic heterocycles. The van der Waals surface area contributed by atoms with Gasteiger partial charge in [-0.2, -0.15) is 13.2 Å². The maximum atomic E-state index is 12.1. The minimum absolute atomic E-state index is 0.136. The van der Waals surface area contributed by atoms with Crippen LogP contribution < -0.4 is 0 Å². The molecule has 1 heterocycles. The Hall–Kier alpha value is -0.780. The molecule has 124 valence electrons. The SMILES string of the molecule is CC(CCCC(=O)N1CCCC1)N(C)CCCC(F)(F)F. The highest BCUT2D eigenvalue weighted by Gasteiger charge is 2.26. The number of alkyl halides is 3. The van der Waals surface area contributed by atoms with Gasteiger partial charge in [0.25, 0.3) is 0 Å². The van der Waals surface area contributed by atoms with E-state index in [4.69, 9.17) is 0 Å². The first kappa shape index (κ1) is 18.3. The highest BCUT2D eigenvalue weighted by Crippen LogP contribution is 2.21. The molecule has 1 amide bonds. The van der Waals surface area contributed by atoms with Gasteiger partial charge in [-0.25, -0.2) is 0 Å². The van der Waals surface area contributed by atoms with Crippen LogP contribution in [0.25, 0.3) is 0 Å². The smallest absolute Gasteiger partial charge is 0.343 e. The number of amides is 1.